The van der Waals surface area contributed by atoms with Crippen molar-refractivity contribution in [2.24, 2.45) is 0 Å². The number of thiazole rings is 1. The highest BCUT2D eigenvalue weighted by molar-refractivity contribution is 7.13. The van der Waals surface area contributed by atoms with Gasteiger partial charge in [-0.2, -0.15) is 0 Å². The number of aromatic nitrogens is 1. The molecule has 1 aromatic carbocycles. The van der Waals surface area contributed by atoms with E-state index in [0.29, 0.717) is 11.7 Å². The fraction of sp³-hybridized carbons (Fsp3) is 0.250. The van der Waals surface area contributed by atoms with Gasteiger partial charge in [-0.25, -0.2) is 4.98 Å². The minimum atomic E-state index is 0.582. The maximum atomic E-state index is 5.64. The van der Waals surface area contributed by atoms with Crippen molar-refractivity contribution in [2.75, 3.05) is 12.3 Å². The first kappa shape index (κ1) is 11.0. The highest BCUT2D eigenvalue weighted by Crippen LogP contribution is 2.32. The number of nitrogens with two attached hydrogens (primary N) is 1. The van der Waals surface area contributed by atoms with E-state index in [2.05, 4.69) is 4.98 Å². The largest absolute Gasteiger partial charge is 0.493 e. The minimum absolute atomic E-state index is 0.582. The first-order chi connectivity index (χ1) is 7.70. The van der Waals surface area contributed by atoms with E-state index in [1.165, 1.54) is 16.9 Å². The van der Waals surface area contributed by atoms with Crippen molar-refractivity contribution >= 4 is 16.5 Å². The zero-order chi connectivity index (χ0) is 11.5. The molecule has 0 fully saturated rings. The summed E-state index contributed by atoms with van der Waals surface area (Å²) in [5.41, 5.74) is 8.69. The summed E-state index contributed by atoms with van der Waals surface area (Å²) in [7, 11) is 0. The second-order valence-electron chi connectivity index (χ2n) is 3.50. The molecule has 0 saturated carbocycles. The molecule has 0 radical (unpaired) electrons. The Kier molecular flexibility index (Phi) is 3.10. The Labute approximate surface area is 98.9 Å². The van der Waals surface area contributed by atoms with Gasteiger partial charge in [-0.1, -0.05) is 6.07 Å². The highest BCUT2D eigenvalue weighted by atomic mass is 32.1. The van der Waals surface area contributed by atoms with Crippen LogP contribution in [-0.4, -0.2) is 11.6 Å². The van der Waals surface area contributed by atoms with E-state index in [0.717, 1.165) is 17.0 Å². The van der Waals surface area contributed by atoms with Crippen molar-refractivity contribution in [3.05, 3.63) is 29.1 Å². The van der Waals surface area contributed by atoms with E-state index < -0.39 is 0 Å². The molecular formula is C12H14N2OS. The number of benzene rings is 1. The van der Waals surface area contributed by atoms with Gasteiger partial charge in [0.05, 0.1) is 12.3 Å². The van der Waals surface area contributed by atoms with Gasteiger partial charge in [-0.3, -0.25) is 0 Å². The van der Waals surface area contributed by atoms with E-state index in [1.807, 2.05) is 37.4 Å². The average molecular weight is 234 g/mol. The van der Waals surface area contributed by atoms with Crippen LogP contribution in [-0.2, 0) is 0 Å². The summed E-state index contributed by atoms with van der Waals surface area (Å²) in [6.45, 7) is 4.67. The molecule has 0 aliphatic rings. The summed E-state index contributed by atoms with van der Waals surface area (Å²) >= 11 is 1.44. The summed E-state index contributed by atoms with van der Waals surface area (Å²) in [6.07, 6.45) is 0. The van der Waals surface area contributed by atoms with E-state index in [-0.39, 0.29) is 0 Å². The number of hydrogen-bond acceptors (Lipinski definition) is 4. The second-order valence-corrected chi connectivity index (χ2v) is 4.39. The lowest BCUT2D eigenvalue weighted by Gasteiger charge is -2.09. The van der Waals surface area contributed by atoms with Crippen molar-refractivity contribution in [1.82, 2.24) is 4.98 Å². The molecule has 84 valence electrons. The van der Waals surface area contributed by atoms with Crippen LogP contribution in [0.1, 0.15) is 12.5 Å². The minimum Gasteiger partial charge on any atom is -0.493 e. The lowest BCUT2D eigenvalue weighted by Crippen LogP contribution is -1.95. The van der Waals surface area contributed by atoms with Crippen molar-refractivity contribution in [3.63, 3.8) is 0 Å². The Hall–Kier alpha value is -1.55. The lowest BCUT2D eigenvalue weighted by atomic mass is 10.1. The van der Waals surface area contributed by atoms with Gasteiger partial charge in [0.25, 0.3) is 0 Å². The van der Waals surface area contributed by atoms with Crippen LogP contribution < -0.4 is 10.5 Å². The summed E-state index contributed by atoms with van der Waals surface area (Å²) in [5.74, 6) is 0.868. The van der Waals surface area contributed by atoms with Crippen LogP contribution in [0.3, 0.4) is 0 Å². The van der Waals surface area contributed by atoms with E-state index >= 15 is 0 Å². The molecule has 0 bridgehead atoms. The molecule has 3 nitrogen and oxygen atoms in total. The predicted octanol–water partition coefficient (Wildman–Crippen LogP) is 3.10. The average Bonchev–Trinajstić information content (AvgIpc) is 2.65. The molecule has 0 unspecified atom stereocenters. The molecule has 1 aromatic heterocycles. The Morgan fingerprint density at radius 2 is 2.25 bits per heavy atom. The number of aryl methyl sites for hydroxylation is 1. The van der Waals surface area contributed by atoms with Crippen molar-refractivity contribution in [1.29, 1.82) is 0 Å². The molecule has 0 aliphatic carbocycles. The van der Waals surface area contributed by atoms with Crippen molar-refractivity contribution in [2.45, 2.75) is 13.8 Å². The van der Waals surface area contributed by atoms with Crippen LogP contribution in [0.15, 0.2) is 23.6 Å². The Bertz CT molecular complexity index is 494. The smallest absolute Gasteiger partial charge is 0.180 e. The summed E-state index contributed by atoms with van der Waals surface area (Å²) < 4.78 is 5.61. The molecule has 0 amide bonds. The summed E-state index contributed by atoms with van der Waals surface area (Å²) in [5, 5.41) is 2.53. The van der Waals surface area contributed by atoms with E-state index in [4.69, 9.17) is 10.5 Å². The maximum absolute atomic E-state index is 5.64. The maximum Gasteiger partial charge on any atom is 0.180 e. The topological polar surface area (TPSA) is 48.1 Å². The van der Waals surface area contributed by atoms with Crippen molar-refractivity contribution in [3.8, 4) is 17.0 Å². The third-order valence-corrected chi connectivity index (χ3v) is 2.91. The Morgan fingerprint density at radius 3 is 2.88 bits per heavy atom. The normalized spacial score (nSPS) is 10.4. The molecule has 0 saturated heterocycles. The summed E-state index contributed by atoms with van der Waals surface area (Å²) in [6, 6.07) is 6.09. The molecule has 2 rings (SSSR count). The van der Waals surface area contributed by atoms with Crippen LogP contribution in [0, 0.1) is 6.92 Å². The fourth-order valence-electron chi connectivity index (χ4n) is 1.53. The van der Waals surface area contributed by atoms with Crippen molar-refractivity contribution < 1.29 is 4.74 Å². The molecule has 4 heteroatoms. The summed E-state index contributed by atoms with van der Waals surface area (Å²) in [4.78, 5) is 4.27. The fourth-order valence-corrected chi connectivity index (χ4v) is 2.09. The predicted molar refractivity (Wildman–Crippen MR) is 67.9 cm³/mol. The lowest BCUT2D eigenvalue weighted by molar-refractivity contribution is 0.341. The van der Waals surface area contributed by atoms with Gasteiger partial charge in [-0.05, 0) is 31.5 Å². The van der Waals surface area contributed by atoms with Crippen LogP contribution in [0.4, 0.5) is 5.13 Å². The van der Waals surface area contributed by atoms with Crippen LogP contribution in [0.25, 0.3) is 11.3 Å². The monoisotopic (exact) mass is 234 g/mol. The molecule has 2 N–H and O–H groups in total. The van der Waals surface area contributed by atoms with Crippen LogP contribution >= 0.6 is 11.3 Å². The molecule has 0 aliphatic heterocycles. The standard InChI is InChI=1S/C12H14N2OS/c1-3-15-11-6-8(2)4-5-9(11)10-7-16-12(13)14-10/h4-7H,3H2,1-2H3,(H2,13,14). The first-order valence-electron chi connectivity index (χ1n) is 5.15. The Morgan fingerprint density at radius 1 is 1.44 bits per heavy atom. The molecule has 2 aromatic rings. The number of anilines is 1. The SMILES string of the molecule is CCOc1cc(C)ccc1-c1csc(N)n1. The number of nitrogens with zero attached hydrogens (tertiary/aromatic N) is 1. The van der Waals surface area contributed by atoms with Crippen LogP contribution in [0.2, 0.25) is 0 Å². The molecule has 1 heterocycles. The first-order valence-corrected chi connectivity index (χ1v) is 6.03. The number of ether oxygens (including phenoxy) is 1. The molecule has 0 spiro atoms. The highest BCUT2D eigenvalue weighted by Gasteiger charge is 2.09. The van der Waals surface area contributed by atoms with E-state index in [9.17, 15) is 0 Å². The van der Waals surface area contributed by atoms with Gasteiger partial charge in [-0.15, -0.1) is 11.3 Å². The third-order valence-electron chi connectivity index (χ3n) is 2.23. The van der Waals surface area contributed by atoms with Gasteiger partial charge in [0.15, 0.2) is 5.13 Å². The Balaban J connectivity index is 2.47. The van der Waals surface area contributed by atoms with Crippen LogP contribution in [0.5, 0.6) is 5.75 Å². The molecule has 0 atom stereocenters. The number of rotatable bonds is 3. The zero-order valence-corrected chi connectivity index (χ0v) is 10.2. The van der Waals surface area contributed by atoms with E-state index in [1.54, 1.807) is 0 Å². The van der Waals surface area contributed by atoms with Gasteiger partial charge in [0.1, 0.15) is 5.75 Å². The third kappa shape index (κ3) is 2.17. The zero-order valence-electron chi connectivity index (χ0n) is 9.36. The van der Waals surface area contributed by atoms with Gasteiger partial charge < -0.3 is 10.5 Å². The van der Waals surface area contributed by atoms with Gasteiger partial charge in [0.2, 0.25) is 0 Å². The van der Waals surface area contributed by atoms with Gasteiger partial charge in [0, 0.05) is 10.9 Å². The molecule has 16 heavy (non-hydrogen) atoms. The number of hydrogen-bond donors (Lipinski definition) is 1. The van der Waals surface area contributed by atoms with Gasteiger partial charge >= 0.3 is 0 Å². The quantitative estimate of drug-likeness (QED) is 0.887. The number of nitrogen functional groups attached to an aromatic ring is 1. The molecular weight excluding hydrogens is 220 g/mol. The second kappa shape index (κ2) is 4.53.